The van der Waals surface area contributed by atoms with Crippen LogP contribution in [-0.4, -0.2) is 295 Å². The van der Waals surface area contributed by atoms with E-state index in [2.05, 4.69) is 78.4 Å². The molecule has 3 fully saturated rings. The summed E-state index contributed by atoms with van der Waals surface area (Å²) in [7, 11) is 5.35. The third-order valence-electron chi connectivity index (χ3n) is 23.9. The molecule has 3 aliphatic rings. The molecule has 0 radical (unpaired) electrons. The highest BCUT2D eigenvalue weighted by atomic mass is 32.2. The molecule has 0 saturated carbocycles. The Morgan fingerprint density at radius 1 is 0.515 bits per heavy atom. The molecule has 3 aliphatic heterocycles. The number of amides is 18. The topological polar surface area (TPSA) is 568 Å². The largest absolute Gasteiger partial charge is 0.370 e. The number of primary amides is 2. The molecule has 3 aromatic carbocycles. The van der Waals surface area contributed by atoms with E-state index < -0.39 is 229 Å². The number of aromatic nitrogens is 4. The van der Waals surface area contributed by atoms with Crippen molar-refractivity contribution >= 4 is 140 Å². The van der Waals surface area contributed by atoms with Crippen LogP contribution >= 0.6 is 11.8 Å². The molecule has 0 aliphatic carbocycles. The molecule has 40 nitrogen and oxygen atoms in total. The van der Waals surface area contributed by atoms with Gasteiger partial charge in [0.15, 0.2) is 0 Å². The summed E-state index contributed by atoms with van der Waals surface area (Å²) in [5.41, 5.74) is 14.6. The van der Waals surface area contributed by atoms with E-state index in [0.29, 0.717) is 69.9 Å². The molecule has 6 heterocycles. The quantitative estimate of drug-likeness (QED) is 0.0439. The third kappa shape index (κ3) is 29.1. The molecule has 9 rings (SSSR count). The van der Waals surface area contributed by atoms with Gasteiger partial charge in [-0.1, -0.05) is 120 Å². The number of carbonyl (C=O) groups excluding carboxylic acids is 18. The second-order valence-electron chi connectivity index (χ2n) is 34.4. The number of nitrogens with two attached hydrogens (primary N) is 2. The van der Waals surface area contributed by atoms with Gasteiger partial charge in [0.2, 0.25) is 106 Å². The highest BCUT2D eigenvalue weighted by Crippen LogP contribution is 2.27. The normalized spacial score (nSPS) is 24.4. The lowest BCUT2D eigenvalue weighted by Crippen LogP contribution is -2.61. The summed E-state index contributed by atoms with van der Waals surface area (Å²) in [4.78, 5) is 284. The highest BCUT2D eigenvalue weighted by Gasteiger charge is 2.44. The van der Waals surface area contributed by atoms with Gasteiger partial charge in [-0.2, -0.15) is 0 Å². The Labute approximate surface area is 769 Å². The van der Waals surface area contributed by atoms with Gasteiger partial charge in [0.1, 0.15) is 78.5 Å². The predicted molar refractivity (Wildman–Crippen MR) is 489 cm³/mol. The molecule has 13 atom stereocenters. The van der Waals surface area contributed by atoms with Crippen LogP contribution in [0.2, 0.25) is 0 Å². The monoisotopic (exact) mass is 1850 g/mol. The number of nitrogens with zero attached hydrogens (tertiary/aromatic N) is 6. The summed E-state index contributed by atoms with van der Waals surface area (Å²) in [6, 6.07) is 3.53. The van der Waals surface area contributed by atoms with Crippen LogP contribution in [0.5, 0.6) is 0 Å². The van der Waals surface area contributed by atoms with Gasteiger partial charge in [0.25, 0.3) is 0 Å². The van der Waals surface area contributed by atoms with Crippen molar-refractivity contribution in [2.75, 3.05) is 65.9 Å². The van der Waals surface area contributed by atoms with E-state index in [1.165, 1.54) is 57.4 Å². The van der Waals surface area contributed by atoms with Crippen LogP contribution < -0.4 is 70.0 Å². The zero-order chi connectivity index (χ0) is 96.0. The fourth-order valence-corrected chi connectivity index (χ4v) is 17.3. The lowest BCUT2D eigenvalue weighted by Gasteiger charge is -2.36. The second kappa shape index (κ2) is 49.7. The van der Waals surface area contributed by atoms with E-state index >= 15 is 33.6 Å². The summed E-state index contributed by atoms with van der Waals surface area (Å²) < 4.78 is 0. The van der Waals surface area contributed by atoms with Crippen LogP contribution in [0.3, 0.4) is 0 Å². The summed E-state index contributed by atoms with van der Waals surface area (Å²) in [5.74, 6) is -16.9. The minimum atomic E-state index is -1.73. The molecular formula is C91H126N22O18S. The number of likely N-dealkylation sites (N-methyl/N-ethyl adjacent to an activating group) is 4. The average Bonchev–Trinajstić information content (AvgIpc) is 1.52. The molecule has 41 heteroatoms. The molecule has 18 amide bonds. The zero-order valence-corrected chi connectivity index (χ0v) is 77.0. The molecule has 3 saturated heterocycles. The lowest BCUT2D eigenvalue weighted by atomic mass is 9.99. The average molecular weight is 1850 g/mol. The van der Waals surface area contributed by atoms with Gasteiger partial charge in [-0.05, 0) is 99.5 Å². The van der Waals surface area contributed by atoms with Crippen molar-refractivity contribution in [2.45, 2.75) is 235 Å². The Hall–Kier alpha value is -13.2. The number of nitrogens with one attached hydrogen (secondary N) is 14. The fourth-order valence-electron chi connectivity index (χ4n) is 16.4. The van der Waals surface area contributed by atoms with Crippen molar-refractivity contribution in [1.29, 1.82) is 0 Å². The van der Waals surface area contributed by atoms with Gasteiger partial charge in [0, 0.05) is 125 Å². The fraction of sp³-hybridized carbons (Fsp3) is 0.527. The van der Waals surface area contributed by atoms with Crippen molar-refractivity contribution in [1.82, 2.24) is 103 Å². The van der Waals surface area contributed by atoms with E-state index in [4.69, 9.17) is 11.5 Å². The van der Waals surface area contributed by atoms with Gasteiger partial charge >= 0.3 is 0 Å². The Morgan fingerprint density at radius 2 is 1.08 bits per heavy atom. The molecule has 132 heavy (non-hydrogen) atoms. The first-order valence-electron chi connectivity index (χ1n) is 44.9. The number of para-hydroxylation sites is 2. The van der Waals surface area contributed by atoms with E-state index in [1.54, 1.807) is 86.9 Å². The number of aromatic amines is 3. The van der Waals surface area contributed by atoms with Gasteiger partial charge in [-0.3, -0.25) is 86.3 Å². The molecule has 714 valence electrons. The van der Waals surface area contributed by atoms with Crippen LogP contribution in [-0.2, 0) is 112 Å². The van der Waals surface area contributed by atoms with Gasteiger partial charge in [-0.25, -0.2) is 4.98 Å². The third-order valence-corrected chi connectivity index (χ3v) is 24.9. The maximum absolute atomic E-state index is 15.9. The molecule has 18 N–H and O–H groups in total. The Kier molecular flexibility index (Phi) is 38.6. The number of hydrogen-bond donors (Lipinski definition) is 16. The van der Waals surface area contributed by atoms with Crippen LogP contribution in [0, 0.1) is 5.92 Å². The van der Waals surface area contributed by atoms with E-state index in [0.717, 1.165) is 26.5 Å². The van der Waals surface area contributed by atoms with E-state index in [-0.39, 0.29) is 96.1 Å². The number of hydrogen-bond acceptors (Lipinski definition) is 20. The van der Waals surface area contributed by atoms with E-state index in [9.17, 15) is 52.7 Å². The summed E-state index contributed by atoms with van der Waals surface area (Å²) in [6.45, 7) is 7.02. The van der Waals surface area contributed by atoms with Gasteiger partial charge in [-0.15, -0.1) is 11.8 Å². The minimum Gasteiger partial charge on any atom is -0.370 e. The Bertz CT molecular complexity index is 5080. The zero-order valence-electron chi connectivity index (χ0n) is 76.2. The summed E-state index contributed by atoms with van der Waals surface area (Å²) >= 11 is 0.786. The van der Waals surface area contributed by atoms with Gasteiger partial charge < -0.3 is 109 Å². The smallest absolute Gasteiger partial charge is 0.246 e. The standard InChI is InChI=1S/C91H126N22O18S/c1-10-12-31-71-85(125)103-63-34-35-76(116)95-36-22-21-30-62(81(121)107-68(41-56-45-97-61-29-20-18-27-59(56)61)89(129)112(9)73(32-13-11-2)91(131)111(71)8)102-83(123)64(40-55-44-96-60-28-19-17-26-58(55)60)100-77(117)48-109(6)87(127)66(38-52(3)4)106-84(124)65(42-57-46-94-51-99-57)104-86(126)72-33-23-37-113(72)90(130)69(43-74(92)114)105-79(119)53(5)110(7)88(128)67(39-54-24-15-14-16-25-54)101-78(118)50-132-49-70(108-82(63)122)80(120)98-47-75(93)115/h14-20,24-29,44-46,51-53,62-73,96-97H,10-13,21-23,30-43,47-50H2,1-9H3,(H2,92,114)(H2,93,115)(H,94,99)(H,95,116)(H,98,120)(H,100,117)(H,101,118)(H,102,123)(H,103,125)(H,104,126)(H,105,119)(H,106,124)(H,107,121)(H,108,122)/t53-,62-,63-,64-,65-,66-,67-,68-,69-,70-,71-,72-,73-/m0/s1. The number of H-pyrrole nitrogens is 3. The first kappa shape index (κ1) is 102. The first-order valence-corrected chi connectivity index (χ1v) is 46.1. The summed E-state index contributed by atoms with van der Waals surface area (Å²) in [6.07, 6.45) is 5.68. The van der Waals surface area contributed by atoms with E-state index in [1.807, 2.05) is 32.0 Å². The number of unbranched alkanes of at least 4 members (excludes halogenated alkanes) is 2. The SMILES string of the molecule is CCCC[C@H]1C(=O)N(C)[C@@H](CCCC)C(=O)N[C@H]2CCC(=O)NCCCC[C@H](NC(=O)[C@H](Cc3c[nH]c4ccccc34)NC(=O)CN(C)C(=O)[C@H](CC(C)C)NC(=O)[C@H](Cc3cnc[nH]3)NC(=O)[C@@H]3CCCN3C(=O)[C@H](CC(N)=O)NC(=O)[C@H](C)N(C)C(=O)[C@H](Cc3ccccc3)NC(=O)CSC[C@@H](C(=O)NCC(N)=O)NC2=O)C(=O)N[C@@H](Cc2c[nH]c3ccccc23)C(=O)N1C. The maximum atomic E-state index is 15.9. The Morgan fingerprint density at radius 3 is 1.71 bits per heavy atom. The molecular weight excluding hydrogens is 1720 g/mol. The highest BCUT2D eigenvalue weighted by molar-refractivity contribution is 8.00. The first-order chi connectivity index (χ1) is 63.0. The Balaban J connectivity index is 1.13. The molecule has 3 aromatic heterocycles. The van der Waals surface area contributed by atoms with Crippen molar-refractivity contribution in [3.63, 3.8) is 0 Å². The van der Waals surface area contributed by atoms with Crippen LogP contribution in [0.1, 0.15) is 153 Å². The van der Waals surface area contributed by atoms with Crippen molar-refractivity contribution < 1.29 is 86.3 Å². The van der Waals surface area contributed by atoms with Crippen LogP contribution in [0.4, 0.5) is 0 Å². The van der Waals surface area contributed by atoms with Crippen molar-refractivity contribution in [3.05, 3.63) is 126 Å². The number of thioether (sulfide) groups is 1. The van der Waals surface area contributed by atoms with Crippen molar-refractivity contribution in [3.8, 4) is 0 Å². The number of fused-ring (bicyclic) bond motifs is 12. The lowest BCUT2D eigenvalue weighted by molar-refractivity contribution is -0.149. The van der Waals surface area contributed by atoms with Gasteiger partial charge in [0.05, 0.1) is 31.6 Å². The molecule has 6 aromatic rings. The second-order valence-corrected chi connectivity index (χ2v) is 35.4. The number of benzene rings is 3. The maximum Gasteiger partial charge on any atom is 0.246 e. The minimum absolute atomic E-state index is 0.00437. The van der Waals surface area contributed by atoms with Crippen LogP contribution in [0.15, 0.2) is 104 Å². The van der Waals surface area contributed by atoms with Crippen LogP contribution in [0.25, 0.3) is 21.8 Å². The number of rotatable bonds is 21. The predicted octanol–water partition coefficient (Wildman–Crippen LogP) is -0.313. The van der Waals surface area contributed by atoms with Crippen molar-refractivity contribution in [2.24, 2.45) is 17.4 Å². The molecule has 0 spiro atoms. The summed E-state index contributed by atoms with van der Waals surface area (Å²) in [5, 5.41) is 31.3. The number of carbonyl (C=O) groups is 18. The number of imidazole rings is 1. The molecule has 2 bridgehead atoms. The molecule has 0 unspecified atom stereocenters.